The maximum atomic E-state index is 8.47. The molecule has 0 aromatic carbocycles. The van der Waals surface area contributed by atoms with Crippen molar-refractivity contribution in [3.8, 4) is 6.07 Å². The fourth-order valence-electron chi connectivity index (χ4n) is 0.719. The first-order valence-electron chi connectivity index (χ1n) is 3.44. The van der Waals surface area contributed by atoms with Crippen molar-refractivity contribution < 1.29 is 0 Å². The fraction of sp³-hybridized carbons (Fsp3) is 0.625. The van der Waals surface area contributed by atoms with Gasteiger partial charge in [-0.3, -0.25) is 0 Å². The second-order valence-corrected chi connectivity index (χ2v) is 2.00. The van der Waals surface area contributed by atoms with Gasteiger partial charge in [-0.05, 0) is 12.8 Å². The molecule has 1 heteroatoms. The van der Waals surface area contributed by atoms with Crippen molar-refractivity contribution in [1.82, 2.24) is 0 Å². The molecule has 0 amide bonds. The monoisotopic (exact) mass is 123 g/mol. The van der Waals surface area contributed by atoms with Gasteiger partial charge in [0.1, 0.15) is 0 Å². The molecule has 0 bridgehead atoms. The zero-order valence-electron chi connectivity index (χ0n) is 6.15. The lowest BCUT2D eigenvalue weighted by molar-refractivity contribution is 0.920. The molecular formula is C8H13N. The molecule has 0 heterocycles. The highest BCUT2D eigenvalue weighted by Gasteiger charge is 1.89. The summed E-state index contributed by atoms with van der Waals surface area (Å²) in [5.41, 5.74) is 0.931. The topological polar surface area (TPSA) is 23.8 Å². The van der Waals surface area contributed by atoms with E-state index >= 15 is 0 Å². The van der Waals surface area contributed by atoms with Gasteiger partial charge >= 0.3 is 0 Å². The molecule has 0 aliphatic carbocycles. The molecule has 0 N–H and O–H groups in total. The molecule has 1 nitrogen and oxygen atoms in total. The van der Waals surface area contributed by atoms with E-state index in [0.717, 1.165) is 24.8 Å². The number of nitrogens with zero attached hydrogens (tertiary/aromatic N) is 1. The minimum absolute atomic E-state index is 0.931. The smallest absolute Gasteiger partial charge is 0.0943 e. The van der Waals surface area contributed by atoms with E-state index in [9.17, 15) is 0 Å². The quantitative estimate of drug-likeness (QED) is 0.529. The molecule has 0 aliphatic rings. The van der Waals surface area contributed by atoms with E-state index in [4.69, 9.17) is 5.26 Å². The lowest BCUT2D eigenvalue weighted by Crippen LogP contribution is -1.76. The summed E-state index contributed by atoms with van der Waals surface area (Å²) in [6.45, 7) is 4.13. The van der Waals surface area contributed by atoms with Gasteiger partial charge in [0.15, 0.2) is 0 Å². The normalized spacial score (nSPS) is 11.0. The molecule has 0 saturated carbocycles. The van der Waals surface area contributed by atoms with Crippen molar-refractivity contribution in [3.05, 3.63) is 11.6 Å². The third kappa shape index (κ3) is 3.78. The highest BCUT2D eigenvalue weighted by atomic mass is 14.2. The lowest BCUT2D eigenvalue weighted by atomic mass is 10.1. The Hall–Kier alpha value is -0.770. The van der Waals surface area contributed by atoms with E-state index in [1.807, 2.05) is 13.0 Å². The number of rotatable bonds is 3. The molecule has 9 heavy (non-hydrogen) atoms. The average molecular weight is 123 g/mol. The standard InChI is InChI=1S/C8H13N/c1-3-5-8(7-9)6-4-2/h5H,3-4,6H2,1-2H3/b8-5-. The molecule has 0 unspecified atom stereocenters. The Balaban J connectivity index is 3.71. The predicted molar refractivity (Wildman–Crippen MR) is 38.9 cm³/mol. The molecule has 0 aliphatic heterocycles. The molecule has 0 fully saturated rings. The van der Waals surface area contributed by atoms with E-state index in [2.05, 4.69) is 13.0 Å². The first-order chi connectivity index (χ1) is 4.35. The Morgan fingerprint density at radius 1 is 1.56 bits per heavy atom. The molecule has 0 aromatic heterocycles. The minimum atomic E-state index is 0.931. The van der Waals surface area contributed by atoms with Crippen LogP contribution in [-0.2, 0) is 0 Å². The van der Waals surface area contributed by atoms with Crippen LogP contribution >= 0.6 is 0 Å². The van der Waals surface area contributed by atoms with Gasteiger partial charge in [0.2, 0.25) is 0 Å². The van der Waals surface area contributed by atoms with Crippen molar-refractivity contribution in [1.29, 1.82) is 5.26 Å². The van der Waals surface area contributed by atoms with E-state index in [-0.39, 0.29) is 0 Å². The molecule has 0 radical (unpaired) electrons. The minimum Gasteiger partial charge on any atom is -0.193 e. The van der Waals surface area contributed by atoms with Gasteiger partial charge in [0.05, 0.1) is 6.07 Å². The van der Waals surface area contributed by atoms with Crippen LogP contribution in [0.1, 0.15) is 33.1 Å². The van der Waals surface area contributed by atoms with Gasteiger partial charge in [-0.15, -0.1) is 0 Å². The molecule has 0 atom stereocenters. The van der Waals surface area contributed by atoms with Crippen LogP contribution in [0.2, 0.25) is 0 Å². The van der Waals surface area contributed by atoms with E-state index in [0.29, 0.717) is 0 Å². The highest BCUT2D eigenvalue weighted by molar-refractivity contribution is 5.19. The predicted octanol–water partition coefficient (Wildman–Crippen LogP) is 2.65. The maximum absolute atomic E-state index is 8.47. The number of nitriles is 1. The zero-order valence-corrected chi connectivity index (χ0v) is 6.15. The van der Waals surface area contributed by atoms with Gasteiger partial charge in [-0.2, -0.15) is 5.26 Å². The second-order valence-electron chi connectivity index (χ2n) is 2.00. The van der Waals surface area contributed by atoms with Crippen LogP contribution in [0.3, 0.4) is 0 Å². The third-order valence-corrected chi connectivity index (χ3v) is 1.11. The highest BCUT2D eigenvalue weighted by Crippen LogP contribution is 2.03. The summed E-state index contributed by atoms with van der Waals surface area (Å²) in [6, 6.07) is 2.16. The molecular weight excluding hydrogens is 110 g/mol. The van der Waals surface area contributed by atoms with Crippen molar-refractivity contribution in [2.24, 2.45) is 0 Å². The van der Waals surface area contributed by atoms with Crippen LogP contribution in [0.15, 0.2) is 11.6 Å². The van der Waals surface area contributed by atoms with Gasteiger partial charge in [-0.1, -0.05) is 26.3 Å². The molecule has 0 aromatic rings. The molecule has 0 rings (SSSR count). The summed E-state index contributed by atoms with van der Waals surface area (Å²) in [5.74, 6) is 0. The zero-order chi connectivity index (χ0) is 7.11. The molecule has 50 valence electrons. The van der Waals surface area contributed by atoms with Crippen LogP contribution in [-0.4, -0.2) is 0 Å². The number of allylic oxidation sites excluding steroid dienone is 2. The van der Waals surface area contributed by atoms with E-state index < -0.39 is 0 Å². The van der Waals surface area contributed by atoms with Crippen LogP contribution in [0.25, 0.3) is 0 Å². The molecule has 0 saturated heterocycles. The van der Waals surface area contributed by atoms with Gasteiger partial charge in [0, 0.05) is 5.57 Å². The summed E-state index contributed by atoms with van der Waals surface area (Å²) in [5, 5.41) is 8.47. The van der Waals surface area contributed by atoms with Crippen LogP contribution in [0, 0.1) is 11.3 Å². The SMILES string of the molecule is CC/C=C(\C#N)CCC. The Morgan fingerprint density at radius 3 is 2.56 bits per heavy atom. The van der Waals surface area contributed by atoms with Gasteiger partial charge < -0.3 is 0 Å². The van der Waals surface area contributed by atoms with Gasteiger partial charge in [0.25, 0.3) is 0 Å². The van der Waals surface area contributed by atoms with Crippen molar-refractivity contribution in [3.63, 3.8) is 0 Å². The van der Waals surface area contributed by atoms with E-state index in [1.165, 1.54) is 0 Å². The Morgan fingerprint density at radius 2 is 2.22 bits per heavy atom. The first-order valence-corrected chi connectivity index (χ1v) is 3.44. The third-order valence-electron chi connectivity index (χ3n) is 1.11. The fourth-order valence-corrected chi connectivity index (χ4v) is 0.719. The van der Waals surface area contributed by atoms with Crippen molar-refractivity contribution in [2.45, 2.75) is 33.1 Å². The summed E-state index contributed by atoms with van der Waals surface area (Å²) in [7, 11) is 0. The first kappa shape index (κ1) is 8.23. The largest absolute Gasteiger partial charge is 0.193 e. The average Bonchev–Trinajstić information content (AvgIpc) is 1.88. The second kappa shape index (κ2) is 5.37. The van der Waals surface area contributed by atoms with Crippen LogP contribution < -0.4 is 0 Å². The number of hydrogen-bond donors (Lipinski definition) is 0. The van der Waals surface area contributed by atoms with Crippen LogP contribution in [0.4, 0.5) is 0 Å². The summed E-state index contributed by atoms with van der Waals surface area (Å²) < 4.78 is 0. The van der Waals surface area contributed by atoms with Crippen LogP contribution in [0.5, 0.6) is 0 Å². The Kier molecular flexibility index (Phi) is 4.91. The summed E-state index contributed by atoms with van der Waals surface area (Å²) in [4.78, 5) is 0. The lowest BCUT2D eigenvalue weighted by Gasteiger charge is -1.90. The van der Waals surface area contributed by atoms with Crippen molar-refractivity contribution >= 4 is 0 Å². The van der Waals surface area contributed by atoms with Crippen molar-refractivity contribution in [2.75, 3.05) is 0 Å². The number of hydrogen-bond acceptors (Lipinski definition) is 1. The van der Waals surface area contributed by atoms with Gasteiger partial charge in [-0.25, -0.2) is 0 Å². The summed E-state index contributed by atoms with van der Waals surface area (Å²) >= 11 is 0. The van der Waals surface area contributed by atoms with E-state index in [1.54, 1.807) is 0 Å². The Labute approximate surface area is 57.0 Å². The Bertz CT molecular complexity index is 128. The maximum Gasteiger partial charge on any atom is 0.0943 e. The summed E-state index contributed by atoms with van der Waals surface area (Å²) in [6.07, 6.45) is 4.97. The molecule has 0 spiro atoms.